The standard InChI is InChI=1S/C21H26FNO4/c1-26-19-8-3-15(13-20(19)27-2)18(24)14-23-11-9-21(25,10-12-23)16-4-6-17(22)7-5-16/h3-8,13,18,24-25H,9-12,14H2,1-2H3/t18-/m0/s1. The van der Waals surface area contributed by atoms with Crippen molar-refractivity contribution in [2.24, 2.45) is 0 Å². The molecule has 3 rings (SSSR count). The smallest absolute Gasteiger partial charge is 0.161 e. The zero-order valence-electron chi connectivity index (χ0n) is 15.7. The quantitative estimate of drug-likeness (QED) is 0.813. The van der Waals surface area contributed by atoms with Gasteiger partial charge in [0.1, 0.15) is 5.82 Å². The number of β-amino-alcohol motifs (C(OH)–C–C–N with tert-alkyl or cyclic N) is 1. The topological polar surface area (TPSA) is 62.2 Å². The third-order valence-electron chi connectivity index (χ3n) is 5.29. The third-order valence-corrected chi connectivity index (χ3v) is 5.29. The van der Waals surface area contributed by atoms with Crippen LogP contribution in [0.2, 0.25) is 0 Å². The first-order chi connectivity index (χ1) is 12.9. The Kier molecular flexibility index (Phi) is 5.99. The van der Waals surface area contributed by atoms with Crippen LogP contribution in [0.15, 0.2) is 42.5 Å². The molecule has 0 amide bonds. The molecule has 1 aliphatic heterocycles. The number of halogens is 1. The van der Waals surface area contributed by atoms with Gasteiger partial charge in [-0.1, -0.05) is 18.2 Å². The Hall–Kier alpha value is -2.15. The van der Waals surface area contributed by atoms with Crippen molar-refractivity contribution in [2.75, 3.05) is 33.9 Å². The second-order valence-corrected chi connectivity index (χ2v) is 6.97. The minimum Gasteiger partial charge on any atom is -0.493 e. The van der Waals surface area contributed by atoms with Crippen molar-refractivity contribution >= 4 is 0 Å². The lowest BCUT2D eigenvalue weighted by molar-refractivity contribution is -0.0345. The molecule has 0 aliphatic carbocycles. The molecule has 2 N–H and O–H groups in total. The Morgan fingerprint density at radius 3 is 2.26 bits per heavy atom. The molecule has 1 heterocycles. The molecule has 0 aromatic heterocycles. The van der Waals surface area contributed by atoms with E-state index in [0.29, 0.717) is 44.0 Å². The number of benzene rings is 2. The Morgan fingerprint density at radius 2 is 1.67 bits per heavy atom. The van der Waals surface area contributed by atoms with Gasteiger partial charge in [-0.15, -0.1) is 0 Å². The second-order valence-electron chi connectivity index (χ2n) is 6.97. The van der Waals surface area contributed by atoms with E-state index in [4.69, 9.17) is 9.47 Å². The first-order valence-electron chi connectivity index (χ1n) is 9.06. The van der Waals surface area contributed by atoms with E-state index in [9.17, 15) is 14.6 Å². The molecule has 2 aromatic rings. The Bertz CT molecular complexity index is 757. The third kappa shape index (κ3) is 4.40. The summed E-state index contributed by atoms with van der Waals surface area (Å²) in [6, 6.07) is 11.4. The molecule has 5 nitrogen and oxygen atoms in total. The zero-order chi connectivity index (χ0) is 19.4. The van der Waals surface area contributed by atoms with Gasteiger partial charge in [-0.2, -0.15) is 0 Å². The lowest BCUT2D eigenvalue weighted by Crippen LogP contribution is -2.43. The predicted octanol–water partition coefficient (Wildman–Crippen LogP) is 2.86. The average molecular weight is 375 g/mol. The minimum absolute atomic E-state index is 0.308. The van der Waals surface area contributed by atoms with Crippen molar-refractivity contribution in [3.63, 3.8) is 0 Å². The van der Waals surface area contributed by atoms with Gasteiger partial charge in [0, 0.05) is 19.6 Å². The number of hydrogen-bond donors (Lipinski definition) is 2. The van der Waals surface area contributed by atoms with Gasteiger partial charge in [0.15, 0.2) is 11.5 Å². The molecule has 1 atom stereocenters. The second kappa shape index (κ2) is 8.25. The van der Waals surface area contributed by atoms with Crippen LogP contribution < -0.4 is 9.47 Å². The largest absolute Gasteiger partial charge is 0.493 e. The summed E-state index contributed by atoms with van der Waals surface area (Å²) in [6.45, 7) is 1.77. The monoisotopic (exact) mass is 375 g/mol. The number of aliphatic hydroxyl groups is 2. The van der Waals surface area contributed by atoms with Crippen molar-refractivity contribution in [1.29, 1.82) is 0 Å². The van der Waals surface area contributed by atoms with Crippen molar-refractivity contribution in [1.82, 2.24) is 4.90 Å². The summed E-state index contributed by atoms with van der Waals surface area (Å²) < 4.78 is 23.6. The van der Waals surface area contributed by atoms with Gasteiger partial charge in [-0.05, 0) is 48.2 Å². The molecule has 1 aliphatic rings. The van der Waals surface area contributed by atoms with Crippen LogP contribution in [-0.2, 0) is 5.60 Å². The number of piperidine rings is 1. The van der Waals surface area contributed by atoms with Crippen LogP contribution in [0.25, 0.3) is 0 Å². The van der Waals surface area contributed by atoms with Gasteiger partial charge in [-0.3, -0.25) is 0 Å². The molecular formula is C21H26FNO4. The molecule has 0 unspecified atom stereocenters. The van der Waals surface area contributed by atoms with Crippen LogP contribution in [0, 0.1) is 5.82 Å². The summed E-state index contributed by atoms with van der Waals surface area (Å²) in [7, 11) is 3.14. The summed E-state index contributed by atoms with van der Waals surface area (Å²) in [6.07, 6.45) is 0.413. The number of aliphatic hydroxyl groups excluding tert-OH is 1. The number of nitrogens with zero attached hydrogens (tertiary/aromatic N) is 1. The highest BCUT2D eigenvalue weighted by Gasteiger charge is 2.34. The fourth-order valence-corrected chi connectivity index (χ4v) is 3.56. The maximum absolute atomic E-state index is 13.1. The molecule has 146 valence electrons. The predicted molar refractivity (Wildman–Crippen MR) is 100 cm³/mol. The summed E-state index contributed by atoms with van der Waals surface area (Å²) in [5.74, 6) is 0.895. The normalized spacial score (nSPS) is 18.1. The molecule has 2 aromatic carbocycles. The van der Waals surface area contributed by atoms with Gasteiger partial charge in [0.2, 0.25) is 0 Å². The Labute approximate surface area is 159 Å². The number of likely N-dealkylation sites (tertiary alicyclic amines) is 1. The van der Waals surface area contributed by atoms with E-state index in [0.717, 1.165) is 11.1 Å². The Balaban J connectivity index is 1.61. The molecule has 0 radical (unpaired) electrons. The van der Waals surface area contributed by atoms with Crippen LogP contribution in [0.5, 0.6) is 11.5 Å². The van der Waals surface area contributed by atoms with Gasteiger partial charge in [-0.25, -0.2) is 4.39 Å². The molecule has 6 heteroatoms. The van der Waals surface area contributed by atoms with Crippen LogP contribution >= 0.6 is 0 Å². The number of rotatable bonds is 6. The van der Waals surface area contributed by atoms with Crippen LogP contribution in [0.3, 0.4) is 0 Å². The fourth-order valence-electron chi connectivity index (χ4n) is 3.56. The lowest BCUT2D eigenvalue weighted by Gasteiger charge is -2.39. The van der Waals surface area contributed by atoms with Crippen LogP contribution in [-0.4, -0.2) is 49.0 Å². The number of hydrogen-bond acceptors (Lipinski definition) is 5. The van der Waals surface area contributed by atoms with E-state index in [1.807, 2.05) is 6.07 Å². The van der Waals surface area contributed by atoms with E-state index in [1.165, 1.54) is 12.1 Å². The van der Waals surface area contributed by atoms with Crippen molar-refractivity contribution in [3.8, 4) is 11.5 Å². The first-order valence-corrected chi connectivity index (χ1v) is 9.06. The van der Waals surface area contributed by atoms with Crippen molar-refractivity contribution < 1.29 is 24.1 Å². The molecule has 0 saturated carbocycles. The van der Waals surface area contributed by atoms with Crippen molar-refractivity contribution in [2.45, 2.75) is 24.5 Å². The Morgan fingerprint density at radius 1 is 1.04 bits per heavy atom. The highest BCUT2D eigenvalue weighted by atomic mass is 19.1. The molecule has 1 saturated heterocycles. The van der Waals surface area contributed by atoms with E-state index < -0.39 is 11.7 Å². The maximum Gasteiger partial charge on any atom is 0.161 e. The van der Waals surface area contributed by atoms with Gasteiger partial charge in [0.05, 0.1) is 25.9 Å². The van der Waals surface area contributed by atoms with Crippen LogP contribution in [0.4, 0.5) is 4.39 Å². The summed E-state index contributed by atoms with van der Waals surface area (Å²) in [4.78, 5) is 2.12. The summed E-state index contributed by atoms with van der Waals surface area (Å²) >= 11 is 0. The van der Waals surface area contributed by atoms with Crippen molar-refractivity contribution in [3.05, 3.63) is 59.4 Å². The van der Waals surface area contributed by atoms with Gasteiger partial charge >= 0.3 is 0 Å². The van der Waals surface area contributed by atoms with E-state index in [2.05, 4.69) is 4.90 Å². The first kappa shape index (κ1) is 19.6. The fraction of sp³-hybridized carbons (Fsp3) is 0.429. The molecule has 0 bridgehead atoms. The number of ether oxygens (including phenoxy) is 2. The SMILES string of the molecule is COc1ccc([C@@H](O)CN2CCC(O)(c3ccc(F)cc3)CC2)cc1OC. The molecule has 27 heavy (non-hydrogen) atoms. The number of methoxy groups -OCH3 is 2. The maximum atomic E-state index is 13.1. The molecule has 0 spiro atoms. The average Bonchev–Trinajstić information content (AvgIpc) is 2.69. The van der Waals surface area contributed by atoms with Crippen LogP contribution in [0.1, 0.15) is 30.1 Å². The highest BCUT2D eigenvalue weighted by molar-refractivity contribution is 5.43. The van der Waals surface area contributed by atoms with E-state index >= 15 is 0 Å². The van der Waals surface area contributed by atoms with Gasteiger partial charge < -0.3 is 24.6 Å². The zero-order valence-corrected chi connectivity index (χ0v) is 15.7. The molecule has 1 fully saturated rings. The summed E-state index contributed by atoms with van der Waals surface area (Å²) in [5.41, 5.74) is 0.550. The lowest BCUT2D eigenvalue weighted by atomic mass is 9.84. The molecular weight excluding hydrogens is 349 g/mol. The summed E-state index contributed by atoms with van der Waals surface area (Å²) in [5, 5.41) is 21.5. The van der Waals surface area contributed by atoms with Gasteiger partial charge in [0.25, 0.3) is 0 Å². The van der Waals surface area contributed by atoms with E-state index in [-0.39, 0.29) is 5.82 Å². The van der Waals surface area contributed by atoms with E-state index in [1.54, 1.807) is 38.5 Å². The minimum atomic E-state index is -0.946. The highest BCUT2D eigenvalue weighted by Crippen LogP contribution is 2.34.